The maximum absolute atomic E-state index is 12.3. The molecule has 0 aliphatic carbocycles. The van der Waals surface area contributed by atoms with E-state index in [1.165, 1.54) is 13.8 Å². The maximum Gasteiger partial charge on any atom is 0.430 e. The van der Waals surface area contributed by atoms with Crippen LogP contribution < -0.4 is 0 Å². The average molecular weight is 255 g/mol. The van der Waals surface area contributed by atoms with Gasteiger partial charge in [0.05, 0.1) is 13.2 Å². The number of hydrogen-bond acceptors (Lipinski definition) is 5. The molecule has 0 aromatic rings. The zero-order valence-electron chi connectivity index (χ0n) is 9.26. The van der Waals surface area contributed by atoms with Crippen LogP contribution in [-0.2, 0) is 19.1 Å². The minimum absolute atomic E-state index is 0.195. The smallest absolute Gasteiger partial charge is 0.430 e. The molecule has 0 aromatic heterocycles. The lowest BCUT2D eigenvalue weighted by molar-refractivity contribution is -0.160. The molecule has 0 saturated carbocycles. The molecule has 0 saturated heterocycles. The van der Waals surface area contributed by atoms with Crippen molar-refractivity contribution in [2.24, 2.45) is 5.92 Å². The zero-order chi connectivity index (χ0) is 13.6. The Kier molecular flexibility index (Phi) is 5.63. The van der Waals surface area contributed by atoms with Gasteiger partial charge >= 0.3 is 18.1 Å². The summed E-state index contributed by atoms with van der Waals surface area (Å²) in [5.41, 5.74) is -1.99. The second-order valence-corrected chi connectivity index (χ2v) is 2.85. The Bertz CT molecular complexity index is 296. The van der Waals surface area contributed by atoms with Crippen LogP contribution >= 0.6 is 0 Å². The number of alkyl halides is 3. The van der Waals surface area contributed by atoms with Crippen LogP contribution in [0, 0.1) is 11.3 Å². The molecule has 0 radical (unpaired) electrons. The third kappa shape index (κ3) is 4.41. The molecule has 0 unspecified atom stereocenters. The first-order chi connectivity index (χ1) is 7.75. The van der Waals surface area contributed by atoms with Gasteiger partial charge in [0.1, 0.15) is 5.71 Å². The van der Waals surface area contributed by atoms with Crippen molar-refractivity contribution in [1.29, 1.82) is 5.41 Å². The molecular weight excluding hydrogens is 243 g/mol. The lowest BCUT2D eigenvalue weighted by Gasteiger charge is -2.16. The number of rotatable bonds is 5. The van der Waals surface area contributed by atoms with Gasteiger partial charge in [0, 0.05) is 0 Å². The largest absolute Gasteiger partial charge is 0.465 e. The summed E-state index contributed by atoms with van der Waals surface area (Å²) in [6, 6.07) is 0. The Morgan fingerprint density at radius 3 is 1.71 bits per heavy atom. The highest BCUT2D eigenvalue weighted by Crippen LogP contribution is 2.23. The third-order valence-corrected chi connectivity index (χ3v) is 1.64. The van der Waals surface area contributed by atoms with Crippen molar-refractivity contribution in [2.75, 3.05) is 13.2 Å². The molecule has 0 aliphatic heterocycles. The summed E-state index contributed by atoms with van der Waals surface area (Å²) in [4.78, 5) is 22.4. The predicted octanol–water partition coefficient (Wildman–Crippen LogP) is 1.31. The van der Waals surface area contributed by atoms with Crippen molar-refractivity contribution < 1.29 is 32.2 Å². The van der Waals surface area contributed by atoms with Gasteiger partial charge in [0.2, 0.25) is 5.92 Å². The molecule has 17 heavy (non-hydrogen) atoms. The molecule has 0 amide bonds. The summed E-state index contributed by atoms with van der Waals surface area (Å²) in [5.74, 6) is -5.25. The molecular formula is C9H12F3NO4. The molecule has 5 nitrogen and oxygen atoms in total. The van der Waals surface area contributed by atoms with Gasteiger partial charge in [-0.25, -0.2) is 0 Å². The first kappa shape index (κ1) is 15.4. The maximum atomic E-state index is 12.3. The van der Waals surface area contributed by atoms with Gasteiger partial charge in [-0.1, -0.05) is 0 Å². The van der Waals surface area contributed by atoms with Gasteiger partial charge in [0.15, 0.2) is 0 Å². The van der Waals surface area contributed by atoms with Crippen LogP contribution in [0.1, 0.15) is 13.8 Å². The van der Waals surface area contributed by atoms with E-state index in [4.69, 9.17) is 5.41 Å². The van der Waals surface area contributed by atoms with Crippen molar-refractivity contribution in [3.05, 3.63) is 0 Å². The summed E-state index contributed by atoms with van der Waals surface area (Å²) < 4.78 is 45.4. The summed E-state index contributed by atoms with van der Waals surface area (Å²) in [5, 5.41) is 6.79. The fourth-order valence-corrected chi connectivity index (χ4v) is 0.947. The fourth-order valence-electron chi connectivity index (χ4n) is 0.947. The van der Waals surface area contributed by atoms with Gasteiger partial charge in [-0.15, -0.1) is 0 Å². The normalized spacial score (nSPS) is 11.2. The monoisotopic (exact) mass is 255 g/mol. The first-order valence-electron chi connectivity index (χ1n) is 4.74. The van der Waals surface area contributed by atoms with Crippen molar-refractivity contribution in [3.63, 3.8) is 0 Å². The molecule has 1 N–H and O–H groups in total. The molecule has 0 fully saturated rings. The molecule has 0 aromatic carbocycles. The molecule has 0 heterocycles. The molecule has 0 rings (SSSR count). The summed E-state index contributed by atoms with van der Waals surface area (Å²) >= 11 is 0. The van der Waals surface area contributed by atoms with E-state index in [1.807, 2.05) is 0 Å². The number of ether oxygens (including phenoxy) is 2. The third-order valence-electron chi connectivity index (χ3n) is 1.64. The van der Waals surface area contributed by atoms with Gasteiger partial charge in [0.25, 0.3) is 0 Å². The van der Waals surface area contributed by atoms with Gasteiger partial charge < -0.3 is 9.47 Å². The second-order valence-electron chi connectivity index (χ2n) is 2.85. The van der Waals surface area contributed by atoms with Crippen LogP contribution in [0.5, 0.6) is 0 Å². The number of carbonyl (C=O) groups is 2. The Morgan fingerprint density at radius 2 is 1.47 bits per heavy atom. The van der Waals surface area contributed by atoms with E-state index in [2.05, 4.69) is 9.47 Å². The highest BCUT2D eigenvalue weighted by Gasteiger charge is 2.47. The minimum Gasteiger partial charge on any atom is -0.465 e. The topological polar surface area (TPSA) is 76.5 Å². The SMILES string of the molecule is CCOC(=O)C(C(=N)C(F)(F)F)C(=O)OCC. The zero-order valence-corrected chi connectivity index (χ0v) is 9.26. The van der Waals surface area contributed by atoms with Gasteiger partial charge in [-0.3, -0.25) is 15.0 Å². The molecule has 0 bridgehead atoms. The molecule has 98 valence electrons. The number of esters is 2. The average Bonchev–Trinajstić information content (AvgIpc) is 2.17. The van der Waals surface area contributed by atoms with Crippen LogP contribution in [0.3, 0.4) is 0 Å². The Hall–Kier alpha value is -1.60. The molecule has 0 atom stereocenters. The van der Waals surface area contributed by atoms with Crippen molar-refractivity contribution in [3.8, 4) is 0 Å². The molecule has 0 spiro atoms. The summed E-state index contributed by atoms with van der Waals surface area (Å²) in [6.07, 6.45) is -5.08. The summed E-state index contributed by atoms with van der Waals surface area (Å²) in [6.45, 7) is 2.36. The first-order valence-corrected chi connectivity index (χ1v) is 4.74. The summed E-state index contributed by atoms with van der Waals surface area (Å²) in [7, 11) is 0. The van der Waals surface area contributed by atoms with Crippen molar-refractivity contribution >= 4 is 17.7 Å². The second kappa shape index (κ2) is 6.21. The molecule has 8 heteroatoms. The van der Waals surface area contributed by atoms with E-state index >= 15 is 0 Å². The predicted molar refractivity (Wildman–Crippen MR) is 50.5 cm³/mol. The lowest BCUT2D eigenvalue weighted by atomic mass is 10.0. The quantitative estimate of drug-likeness (QED) is 0.456. The van der Waals surface area contributed by atoms with Gasteiger partial charge in [-0.05, 0) is 13.8 Å². The van der Waals surface area contributed by atoms with Crippen LogP contribution in [-0.4, -0.2) is 37.0 Å². The van der Waals surface area contributed by atoms with Crippen molar-refractivity contribution in [1.82, 2.24) is 0 Å². The lowest BCUT2D eigenvalue weighted by Crippen LogP contribution is -2.41. The van der Waals surface area contributed by atoms with Crippen LogP contribution in [0.2, 0.25) is 0 Å². The van der Waals surface area contributed by atoms with Crippen LogP contribution in [0.15, 0.2) is 0 Å². The Morgan fingerprint density at radius 1 is 1.12 bits per heavy atom. The van der Waals surface area contributed by atoms with E-state index in [0.717, 1.165) is 0 Å². The minimum atomic E-state index is -5.08. The molecule has 0 aliphatic rings. The number of carbonyl (C=O) groups excluding carboxylic acids is 2. The van der Waals surface area contributed by atoms with Crippen LogP contribution in [0.4, 0.5) is 13.2 Å². The highest BCUT2D eigenvalue weighted by molar-refractivity contribution is 6.17. The number of halogens is 3. The number of hydrogen-bond donors (Lipinski definition) is 1. The highest BCUT2D eigenvalue weighted by atomic mass is 19.4. The van der Waals surface area contributed by atoms with Gasteiger partial charge in [-0.2, -0.15) is 13.2 Å². The standard InChI is InChI=1S/C9H12F3NO4/c1-3-16-7(14)5(8(15)17-4-2)6(13)9(10,11)12/h5,13H,3-4H2,1-2H3. The van der Waals surface area contributed by atoms with E-state index in [0.29, 0.717) is 0 Å². The van der Waals surface area contributed by atoms with Crippen molar-refractivity contribution in [2.45, 2.75) is 20.0 Å². The van der Waals surface area contributed by atoms with E-state index in [-0.39, 0.29) is 13.2 Å². The Labute approximate surface area is 95.4 Å². The van der Waals surface area contributed by atoms with E-state index < -0.39 is 29.7 Å². The fraction of sp³-hybridized carbons (Fsp3) is 0.667. The Balaban J connectivity index is 5.05. The van der Waals surface area contributed by atoms with E-state index in [9.17, 15) is 22.8 Å². The van der Waals surface area contributed by atoms with Crippen LogP contribution in [0.25, 0.3) is 0 Å². The van der Waals surface area contributed by atoms with E-state index in [1.54, 1.807) is 0 Å². The number of nitrogens with one attached hydrogen (secondary N) is 1.